The third kappa shape index (κ3) is 3.68. The van der Waals surface area contributed by atoms with Crippen LogP contribution >= 0.6 is 0 Å². The van der Waals surface area contributed by atoms with E-state index in [9.17, 15) is 9.90 Å². The van der Waals surface area contributed by atoms with Gasteiger partial charge < -0.3 is 9.67 Å². The molecule has 0 aliphatic rings. The van der Waals surface area contributed by atoms with Crippen LogP contribution < -0.4 is 0 Å². The summed E-state index contributed by atoms with van der Waals surface area (Å²) in [5, 5.41) is 9.17. The molecular formula is C15H19N3O2. The van der Waals surface area contributed by atoms with Crippen LogP contribution in [0.15, 0.2) is 42.9 Å². The second-order valence-corrected chi connectivity index (χ2v) is 5.04. The molecule has 1 unspecified atom stereocenters. The molecule has 0 aliphatic carbocycles. The van der Waals surface area contributed by atoms with Gasteiger partial charge in [-0.3, -0.25) is 9.69 Å². The molecule has 106 valence electrons. The number of aromatic nitrogens is 2. The Bertz CT molecular complexity index is 564. The first-order valence-electron chi connectivity index (χ1n) is 6.50. The van der Waals surface area contributed by atoms with Gasteiger partial charge in [0.25, 0.3) is 0 Å². The van der Waals surface area contributed by atoms with Gasteiger partial charge in [0.2, 0.25) is 0 Å². The van der Waals surface area contributed by atoms with Crippen LogP contribution in [0.25, 0.3) is 0 Å². The lowest BCUT2D eigenvalue weighted by atomic mass is 10.1. The highest BCUT2D eigenvalue weighted by molar-refractivity contribution is 5.73. The van der Waals surface area contributed by atoms with Crippen molar-refractivity contribution in [3.8, 4) is 0 Å². The predicted molar refractivity (Wildman–Crippen MR) is 76.6 cm³/mol. The van der Waals surface area contributed by atoms with Gasteiger partial charge in [0.15, 0.2) is 0 Å². The zero-order chi connectivity index (χ0) is 14.5. The maximum Gasteiger partial charge on any atom is 0.321 e. The molecule has 20 heavy (non-hydrogen) atoms. The van der Waals surface area contributed by atoms with Crippen LogP contribution in [0.2, 0.25) is 0 Å². The minimum Gasteiger partial charge on any atom is -0.480 e. The van der Waals surface area contributed by atoms with E-state index in [4.69, 9.17) is 0 Å². The minimum absolute atomic E-state index is 0.407. The van der Waals surface area contributed by atoms with E-state index < -0.39 is 12.0 Å². The Morgan fingerprint density at radius 2 is 2.05 bits per heavy atom. The third-order valence-electron chi connectivity index (χ3n) is 3.21. The van der Waals surface area contributed by atoms with Crippen molar-refractivity contribution in [1.29, 1.82) is 0 Å². The lowest BCUT2D eigenvalue weighted by Gasteiger charge is -2.18. The number of benzene rings is 1. The van der Waals surface area contributed by atoms with Gasteiger partial charge in [0.05, 0.1) is 12.0 Å². The summed E-state index contributed by atoms with van der Waals surface area (Å²) in [7, 11) is 3.53. The highest BCUT2D eigenvalue weighted by Gasteiger charge is 2.21. The molecule has 0 spiro atoms. The molecule has 1 aromatic heterocycles. The maximum atomic E-state index is 11.2. The van der Waals surface area contributed by atoms with Crippen molar-refractivity contribution < 1.29 is 9.90 Å². The van der Waals surface area contributed by atoms with Crippen molar-refractivity contribution in [2.24, 2.45) is 0 Å². The van der Waals surface area contributed by atoms with E-state index in [1.807, 2.05) is 29.0 Å². The lowest BCUT2D eigenvalue weighted by molar-refractivity contribution is -0.142. The number of likely N-dealkylation sites (N-methyl/N-ethyl adjacent to an activating group) is 1. The Hall–Kier alpha value is -2.14. The largest absolute Gasteiger partial charge is 0.480 e. The standard InChI is InChI=1S/C15H19N3O2/c1-17(2)14(15(19)20)8-13-10-18(11-16-13)9-12-6-4-3-5-7-12/h3-7,10-11,14H,8-9H2,1-2H3,(H,19,20). The topological polar surface area (TPSA) is 58.4 Å². The van der Waals surface area contributed by atoms with Gasteiger partial charge in [0.1, 0.15) is 6.04 Å². The summed E-state index contributed by atoms with van der Waals surface area (Å²) in [5.74, 6) is -0.826. The normalized spacial score (nSPS) is 12.6. The van der Waals surface area contributed by atoms with E-state index >= 15 is 0 Å². The number of imidazole rings is 1. The molecule has 5 heteroatoms. The molecule has 2 rings (SSSR count). The fourth-order valence-electron chi connectivity index (χ4n) is 2.08. The van der Waals surface area contributed by atoms with E-state index in [2.05, 4.69) is 17.1 Å². The van der Waals surface area contributed by atoms with Crippen LogP contribution in [0.5, 0.6) is 0 Å². The van der Waals surface area contributed by atoms with Crippen LogP contribution in [-0.2, 0) is 17.8 Å². The average Bonchev–Trinajstić information content (AvgIpc) is 2.84. The molecular weight excluding hydrogens is 254 g/mol. The molecule has 1 heterocycles. The number of nitrogens with zero attached hydrogens (tertiary/aromatic N) is 3. The number of hydrogen-bond acceptors (Lipinski definition) is 3. The molecule has 0 fully saturated rings. The van der Waals surface area contributed by atoms with E-state index in [1.165, 1.54) is 5.56 Å². The smallest absolute Gasteiger partial charge is 0.321 e. The first-order chi connectivity index (χ1) is 9.56. The van der Waals surface area contributed by atoms with Gasteiger partial charge in [0, 0.05) is 19.2 Å². The number of aliphatic carboxylic acids is 1. The Balaban J connectivity index is 2.03. The zero-order valence-corrected chi connectivity index (χ0v) is 11.7. The van der Waals surface area contributed by atoms with Crippen molar-refractivity contribution in [2.75, 3.05) is 14.1 Å². The Kier molecular flexibility index (Phi) is 4.53. The van der Waals surface area contributed by atoms with Crippen LogP contribution in [0.1, 0.15) is 11.3 Å². The first-order valence-corrected chi connectivity index (χ1v) is 6.50. The third-order valence-corrected chi connectivity index (χ3v) is 3.21. The highest BCUT2D eigenvalue weighted by Crippen LogP contribution is 2.08. The first kappa shape index (κ1) is 14.3. The number of carboxylic acids is 1. The number of carboxylic acid groups (broad SMARTS) is 1. The van der Waals surface area contributed by atoms with Crippen LogP contribution in [0.4, 0.5) is 0 Å². The van der Waals surface area contributed by atoms with Gasteiger partial charge in [-0.15, -0.1) is 0 Å². The van der Waals surface area contributed by atoms with Gasteiger partial charge in [-0.25, -0.2) is 4.98 Å². The van der Waals surface area contributed by atoms with Crippen molar-refractivity contribution in [2.45, 2.75) is 19.0 Å². The maximum absolute atomic E-state index is 11.2. The van der Waals surface area contributed by atoms with Gasteiger partial charge in [-0.05, 0) is 19.7 Å². The number of rotatable bonds is 6. The summed E-state index contributed by atoms with van der Waals surface area (Å²) in [6.07, 6.45) is 4.06. The molecule has 1 atom stereocenters. The Labute approximate surface area is 118 Å². The molecule has 1 aromatic carbocycles. The number of carbonyl (C=O) groups is 1. The fourth-order valence-corrected chi connectivity index (χ4v) is 2.08. The summed E-state index contributed by atoms with van der Waals surface area (Å²) >= 11 is 0. The molecule has 2 aromatic rings. The SMILES string of the molecule is CN(C)C(Cc1cn(Cc2ccccc2)cn1)C(=O)O. The van der Waals surface area contributed by atoms with Crippen LogP contribution in [-0.4, -0.2) is 45.7 Å². The Morgan fingerprint density at radius 3 is 2.65 bits per heavy atom. The van der Waals surface area contributed by atoms with Gasteiger partial charge in [-0.2, -0.15) is 0 Å². The van der Waals surface area contributed by atoms with Crippen molar-refractivity contribution in [3.63, 3.8) is 0 Å². The summed E-state index contributed by atoms with van der Waals surface area (Å²) < 4.78 is 1.97. The number of hydrogen-bond donors (Lipinski definition) is 1. The fraction of sp³-hybridized carbons (Fsp3) is 0.333. The van der Waals surface area contributed by atoms with Crippen molar-refractivity contribution in [1.82, 2.24) is 14.5 Å². The van der Waals surface area contributed by atoms with E-state index in [1.54, 1.807) is 25.3 Å². The van der Waals surface area contributed by atoms with E-state index in [0.29, 0.717) is 6.42 Å². The second-order valence-electron chi connectivity index (χ2n) is 5.04. The highest BCUT2D eigenvalue weighted by atomic mass is 16.4. The minimum atomic E-state index is -0.826. The molecule has 0 amide bonds. The van der Waals surface area contributed by atoms with Crippen LogP contribution in [0, 0.1) is 0 Å². The summed E-state index contributed by atoms with van der Waals surface area (Å²) in [6.45, 7) is 0.744. The summed E-state index contributed by atoms with van der Waals surface area (Å²) in [4.78, 5) is 17.1. The molecule has 1 N–H and O–H groups in total. The zero-order valence-electron chi connectivity index (χ0n) is 11.7. The van der Waals surface area contributed by atoms with E-state index in [0.717, 1.165) is 12.2 Å². The molecule has 5 nitrogen and oxygen atoms in total. The molecule has 0 bridgehead atoms. The molecule has 0 saturated heterocycles. The average molecular weight is 273 g/mol. The predicted octanol–water partition coefficient (Wildman–Crippen LogP) is 1.49. The lowest BCUT2D eigenvalue weighted by Crippen LogP contribution is -2.37. The van der Waals surface area contributed by atoms with Crippen molar-refractivity contribution in [3.05, 3.63) is 54.1 Å². The van der Waals surface area contributed by atoms with Gasteiger partial charge in [-0.1, -0.05) is 30.3 Å². The Morgan fingerprint density at radius 1 is 1.35 bits per heavy atom. The summed E-state index contributed by atoms with van der Waals surface area (Å²) in [6, 6.07) is 9.55. The quantitative estimate of drug-likeness (QED) is 0.866. The monoisotopic (exact) mass is 273 g/mol. The van der Waals surface area contributed by atoms with E-state index in [-0.39, 0.29) is 0 Å². The summed E-state index contributed by atoms with van der Waals surface area (Å²) in [5.41, 5.74) is 1.99. The van der Waals surface area contributed by atoms with Gasteiger partial charge >= 0.3 is 5.97 Å². The second kappa shape index (κ2) is 6.34. The molecule has 0 aliphatic heterocycles. The molecule has 0 radical (unpaired) electrons. The van der Waals surface area contributed by atoms with Crippen molar-refractivity contribution >= 4 is 5.97 Å². The molecule has 0 saturated carbocycles. The van der Waals surface area contributed by atoms with Crippen LogP contribution in [0.3, 0.4) is 0 Å².